The van der Waals surface area contributed by atoms with Gasteiger partial charge in [0.1, 0.15) is 17.5 Å². The third kappa shape index (κ3) is 4.16. The predicted octanol–water partition coefficient (Wildman–Crippen LogP) is 6.29. The Kier molecular flexibility index (Phi) is 6.10. The van der Waals surface area contributed by atoms with Crippen LogP contribution >= 0.6 is 11.3 Å². The van der Waals surface area contributed by atoms with E-state index in [0.29, 0.717) is 24.3 Å². The maximum Gasteiger partial charge on any atom is 0.147 e. The highest BCUT2D eigenvalue weighted by molar-refractivity contribution is 7.18. The van der Waals surface area contributed by atoms with Gasteiger partial charge in [-0.2, -0.15) is 0 Å². The van der Waals surface area contributed by atoms with E-state index in [9.17, 15) is 8.78 Å². The van der Waals surface area contributed by atoms with Crippen molar-refractivity contribution < 1.29 is 8.78 Å². The first-order chi connectivity index (χ1) is 15.4. The second kappa shape index (κ2) is 8.96. The molecular formula is C25H24F2N4S. The summed E-state index contributed by atoms with van der Waals surface area (Å²) in [5.74, 6) is -0.160. The molecule has 32 heavy (non-hydrogen) atoms. The number of aromatic nitrogens is 1. The van der Waals surface area contributed by atoms with Crippen LogP contribution in [-0.2, 0) is 6.42 Å². The fraction of sp³-hybridized carbons (Fsp3) is 0.160. The lowest BCUT2D eigenvalue weighted by molar-refractivity contribution is 0.628. The van der Waals surface area contributed by atoms with Crippen LogP contribution in [0.2, 0.25) is 0 Å². The van der Waals surface area contributed by atoms with E-state index >= 15 is 0 Å². The minimum Gasteiger partial charge on any atom is -0.383 e. The molecule has 4 nitrogen and oxygen atoms in total. The number of aromatic amines is 1. The minimum atomic E-state index is -0.293. The monoisotopic (exact) mass is 450 g/mol. The average molecular weight is 451 g/mol. The molecule has 0 spiro atoms. The van der Waals surface area contributed by atoms with E-state index in [2.05, 4.69) is 21.9 Å². The zero-order valence-corrected chi connectivity index (χ0v) is 18.7. The Labute approximate surface area is 189 Å². The molecule has 0 unspecified atom stereocenters. The molecule has 2 aromatic carbocycles. The van der Waals surface area contributed by atoms with E-state index in [4.69, 9.17) is 5.73 Å². The zero-order valence-electron chi connectivity index (χ0n) is 17.9. The van der Waals surface area contributed by atoms with Gasteiger partial charge in [-0.05, 0) is 67.4 Å². The SMILES string of the molecule is C=CNc1cc(-c2cccc(F)c2)sc1C(N)=NCCc1c(C)[nH]c2c(F)ccc(C)c12. The molecule has 7 heteroatoms. The van der Waals surface area contributed by atoms with Crippen LogP contribution in [-0.4, -0.2) is 17.4 Å². The maximum absolute atomic E-state index is 14.2. The number of aliphatic imine (C=N–C) groups is 1. The van der Waals surface area contributed by atoms with Crippen LogP contribution in [0.1, 0.15) is 21.7 Å². The number of hydrogen-bond acceptors (Lipinski definition) is 3. The van der Waals surface area contributed by atoms with Crippen molar-refractivity contribution in [3.63, 3.8) is 0 Å². The third-order valence-electron chi connectivity index (χ3n) is 5.41. The highest BCUT2D eigenvalue weighted by Gasteiger charge is 2.15. The number of thiophene rings is 1. The highest BCUT2D eigenvalue weighted by atomic mass is 32.1. The van der Waals surface area contributed by atoms with Gasteiger partial charge in [0.25, 0.3) is 0 Å². The molecule has 0 aliphatic carbocycles. The molecular weight excluding hydrogens is 426 g/mol. The van der Waals surface area contributed by atoms with E-state index in [1.54, 1.807) is 18.3 Å². The number of hydrogen-bond donors (Lipinski definition) is 3. The van der Waals surface area contributed by atoms with Crippen LogP contribution in [0.3, 0.4) is 0 Å². The van der Waals surface area contributed by atoms with Crippen molar-refractivity contribution in [1.82, 2.24) is 4.98 Å². The van der Waals surface area contributed by atoms with E-state index < -0.39 is 0 Å². The lowest BCUT2D eigenvalue weighted by Gasteiger charge is -2.05. The number of nitrogens with two attached hydrogens (primary N) is 1. The Hall–Kier alpha value is -3.45. The van der Waals surface area contributed by atoms with Gasteiger partial charge in [-0.25, -0.2) is 8.78 Å². The number of amidine groups is 1. The number of anilines is 1. The first kappa shape index (κ1) is 21.8. The van der Waals surface area contributed by atoms with Gasteiger partial charge in [-0.15, -0.1) is 11.3 Å². The number of aryl methyl sites for hydroxylation is 2. The fourth-order valence-electron chi connectivity index (χ4n) is 3.90. The summed E-state index contributed by atoms with van der Waals surface area (Å²) in [5.41, 5.74) is 11.4. The normalized spacial score (nSPS) is 11.8. The lowest BCUT2D eigenvalue weighted by Crippen LogP contribution is -2.14. The van der Waals surface area contributed by atoms with Crippen molar-refractivity contribution in [3.8, 4) is 10.4 Å². The van der Waals surface area contributed by atoms with Gasteiger partial charge in [-0.3, -0.25) is 4.99 Å². The van der Waals surface area contributed by atoms with Crippen LogP contribution in [0.25, 0.3) is 21.3 Å². The molecule has 0 saturated heterocycles. The maximum atomic E-state index is 14.2. The topological polar surface area (TPSA) is 66.2 Å². The van der Waals surface area contributed by atoms with Crippen molar-refractivity contribution in [2.75, 3.05) is 11.9 Å². The summed E-state index contributed by atoms with van der Waals surface area (Å²) < 4.78 is 27.9. The zero-order chi connectivity index (χ0) is 22.8. The molecule has 0 aliphatic heterocycles. The number of fused-ring (bicyclic) bond motifs is 1. The Balaban J connectivity index is 1.61. The summed E-state index contributed by atoms with van der Waals surface area (Å²) in [6.07, 6.45) is 2.20. The molecule has 4 N–H and O–H groups in total. The van der Waals surface area contributed by atoms with E-state index in [0.717, 1.165) is 43.2 Å². The molecule has 164 valence electrons. The van der Waals surface area contributed by atoms with Gasteiger partial charge >= 0.3 is 0 Å². The van der Waals surface area contributed by atoms with Crippen molar-refractivity contribution in [2.45, 2.75) is 20.3 Å². The Morgan fingerprint density at radius 1 is 1.22 bits per heavy atom. The Bertz CT molecular complexity index is 1330. The number of rotatable bonds is 7. The molecule has 0 bridgehead atoms. The van der Waals surface area contributed by atoms with Crippen LogP contribution in [0, 0.1) is 25.5 Å². The van der Waals surface area contributed by atoms with Gasteiger partial charge in [-0.1, -0.05) is 24.8 Å². The summed E-state index contributed by atoms with van der Waals surface area (Å²) in [6.45, 7) is 8.09. The van der Waals surface area contributed by atoms with Crippen LogP contribution in [0.15, 0.2) is 60.2 Å². The third-order valence-corrected chi connectivity index (χ3v) is 6.61. The molecule has 2 aromatic heterocycles. The van der Waals surface area contributed by atoms with Crippen molar-refractivity contribution >= 4 is 33.8 Å². The fourth-order valence-corrected chi connectivity index (χ4v) is 4.94. The highest BCUT2D eigenvalue weighted by Crippen LogP contribution is 2.35. The van der Waals surface area contributed by atoms with Gasteiger partial charge in [0.2, 0.25) is 0 Å². The minimum absolute atomic E-state index is 0.258. The average Bonchev–Trinajstić information content (AvgIpc) is 3.33. The molecule has 4 aromatic rings. The Morgan fingerprint density at radius 3 is 2.78 bits per heavy atom. The summed E-state index contributed by atoms with van der Waals surface area (Å²) >= 11 is 1.44. The summed E-state index contributed by atoms with van der Waals surface area (Å²) in [5, 5.41) is 4.00. The van der Waals surface area contributed by atoms with Crippen LogP contribution in [0.4, 0.5) is 14.5 Å². The lowest BCUT2D eigenvalue weighted by atomic mass is 10.0. The van der Waals surface area contributed by atoms with E-state index in [1.807, 2.05) is 26.0 Å². The second-order valence-corrected chi connectivity index (χ2v) is 8.62. The number of H-pyrrole nitrogens is 1. The molecule has 0 atom stereocenters. The Morgan fingerprint density at radius 2 is 2.03 bits per heavy atom. The van der Waals surface area contributed by atoms with Crippen molar-refractivity contribution in [1.29, 1.82) is 0 Å². The number of nitrogens with zero attached hydrogens (tertiary/aromatic N) is 1. The first-order valence-electron chi connectivity index (χ1n) is 10.2. The summed E-state index contributed by atoms with van der Waals surface area (Å²) in [4.78, 5) is 9.38. The van der Waals surface area contributed by atoms with Gasteiger partial charge in [0.05, 0.1) is 16.1 Å². The number of nitrogens with one attached hydrogen (secondary N) is 2. The molecule has 0 saturated carbocycles. The molecule has 0 aliphatic rings. The number of halogens is 2. The summed E-state index contributed by atoms with van der Waals surface area (Å²) in [7, 11) is 0. The molecule has 4 rings (SSSR count). The van der Waals surface area contributed by atoms with Crippen LogP contribution in [0.5, 0.6) is 0 Å². The molecule has 0 fully saturated rings. The van der Waals surface area contributed by atoms with Gasteiger partial charge < -0.3 is 16.0 Å². The predicted molar refractivity (Wildman–Crippen MR) is 131 cm³/mol. The number of benzene rings is 2. The molecule has 0 radical (unpaired) electrons. The molecule has 0 amide bonds. The largest absolute Gasteiger partial charge is 0.383 e. The van der Waals surface area contributed by atoms with Crippen molar-refractivity contribution in [3.05, 3.63) is 88.6 Å². The van der Waals surface area contributed by atoms with E-state index in [-0.39, 0.29) is 11.6 Å². The van der Waals surface area contributed by atoms with Gasteiger partial charge in [0.15, 0.2) is 0 Å². The standard InChI is InChI=1S/C25H24F2N4S/c1-4-29-20-13-21(16-6-5-7-17(26)12-16)32-24(20)25(28)30-11-10-18-15(3)31-23-19(27)9-8-14(2)22(18)23/h4-9,12-13,29,31H,1,10-11H2,2-3H3,(H2,28,30). The second-order valence-electron chi connectivity index (χ2n) is 7.57. The summed E-state index contributed by atoms with van der Waals surface area (Å²) in [6, 6.07) is 11.6. The van der Waals surface area contributed by atoms with Crippen LogP contribution < -0.4 is 11.1 Å². The van der Waals surface area contributed by atoms with Gasteiger partial charge in [0, 0.05) is 22.5 Å². The van der Waals surface area contributed by atoms with Crippen molar-refractivity contribution in [2.24, 2.45) is 10.7 Å². The quantitative estimate of drug-likeness (QED) is 0.229. The first-order valence-corrected chi connectivity index (χ1v) is 11.0. The molecule has 2 heterocycles. The van der Waals surface area contributed by atoms with E-state index in [1.165, 1.54) is 29.5 Å². The smallest absolute Gasteiger partial charge is 0.147 e.